The van der Waals surface area contributed by atoms with E-state index in [4.69, 9.17) is 19.2 Å². The predicted molar refractivity (Wildman–Crippen MR) is 137 cm³/mol. The Bertz CT molecular complexity index is 1320. The van der Waals surface area contributed by atoms with Crippen molar-refractivity contribution in [3.05, 3.63) is 87.5 Å². The zero-order valence-corrected chi connectivity index (χ0v) is 20.8. The van der Waals surface area contributed by atoms with E-state index in [1.54, 1.807) is 31.4 Å². The molecule has 1 aromatic heterocycles. The average Bonchev–Trinajstić information content (AvgIpc) is 2.94. The van der Waals surface area contributed by atoms with E-state index in [0.29, 0.717) is 23.4 Å². The topological polar surface area (TPSA) is 116 Å². The Morgan fingerprint density at radius 1 is 1.08 bits per heavy atom. The molecule has 2 aromatic carbocycles. The molecule has 0 bridgehead atoms. The lowest BCUT2D eigenvalue weighted by Crippen LogP contribution is -2.46. The molecule has 3 aromatic rings. The molecule has 9 heteroatoms. The number of benzene rings is 2. The van der Waals surface area contributed by atoms with Crippen molar-refractivity contribution < 1.29 is 23.8 Å². The maximum Gasteiger partial charge on any atom is 0.306 e. The molecular weight excluding hydrogens is 474 g/mol. The van der Waals surface area contributed by atoms with Crippen molar-refractivity contribution in [1.29, 1.82) is 5.26 Å². The third-order valence-corrected chi connectivity index (χ3v) is 6.55. The number of nitrogens with zero attached hydrogens (tertiary/aromatic N) is 3. The van der Waals surface area contributed by atoms with Crippen LogP contribution in [-0.4, -0.2) is 56.4 Å². The first-order valence-electron chi connectivity index (χ1n) is 12.0. The van der Waals surface area contributed by atoms with Crippen LogP contribution in [0, 0.1) is 11.3 Å². The molecule has 192 valence electrons. The Balaban J connectivity index is 1.53. The third kappa shape index (κ3) is 6.11. The second-order valence-electron chi connectivity index (χ2n) is 8.82. The molecule has 1 N–H and O–H groups in total. The molecule has 0 amide bonds. The van der Waals surface area contributed by atoms with Gasteiger partial charge in [-0.2, -0.15) is 5.26 Å². The number of hydrogen-bond acceptors (Lipinski definition) is 9. The summed E-state index contributed by atoms with van der Waals surface area (Å²) in [6.45, 7) is 3.51. The molecule has 0 spiro atoms. The standard InChI is InChI=1S/C28H29N3O6/c1-35-22-9-7-21(8-10-22)31-13-11-30(12-14-31)18-23-15-25(32)27(34)28(37-23)24(16-26(33)36-2)20-5-3-19(17-29)4-6-20/h3-10,15,24,34H,11-14,16,18H2,1-2H3. The van der Waals surface area contributed by atoms with Crippen molar-refractivity contribution in [2.45, 2.75) is 18.9 Å². The second kappa shape index (κ2) is 11.6. The van der Waals surface area contributed by atoms with Gasteiger partial charge in [0.2, 0.25) is 11.2 Å². The summed E-state index contributed by atoms with van der Waals surface area (Å²) in [4.78, 5) is 29.3. The van der Waals surface area contributed by atoms with Gasteiger partial charge >= 0.3 is 5.97 Å². The highest BCUT2D eigenvalue weighted by Crippen LogP contribution is 2.34. The van der Waals surface area contributed by atoms with Crippen molar-refractivity contribution in [2.75, 3.05) is 45.3 Å². The van der Waals surface area contributed by atoms with Gasteiger partial charge in [0, 0.05) is 37.9 Å². The number of nitriles is 1. The molecule has 1 saturated heterocycles. The fraction of sp³-hybridized carbons (Fsp3) is 0.321. The van der Waals surface area contributed by atoms with Crippen LogP contribution in [0.5, 0.6) is 11.5 Å². The van der Waals surface area contributed by atoms with Crippen molar-refractivity contribution >= 4 is 11.7 Å². The Kier molecular flexibility index (Phi) is 8.11. The Morgan fingerprint density at radius 2 is 1.76 bits per heavy atom. The highest BCUT2D eigenvalue weighted by atomic mass is 16.5. The highest BCUT2D eigenvalue weighted by molar-refractivity contribution is 5.71. The smallest absolute Gasteiger partial charge is 0.306 e. The number of carbonyl (C=O) groups is 1. The first-order valence-corrected chi connectivity index (χ1v) is 12.0. The Morgan fingerprint density at radius 3 is 2.35 bits per heavy atom. The van der Waals surface area contributed by atoms with Gasteiger partial charge in [0.25, 0.3) is 0 Å². The number of aromatic hydroxyl groups is 1. The lowest BCUT2D eigenvalue weighted by atomic mass is 9.91. The summed E-state index contributed by atoms with van der Waals surface area (Å²) in [6, 6.07) is 17.9. The van der Waals surface area contributed by atoms with Gasteiger partial charge in [0.1, 0.15) is 11.5 Å². The summed E-state index contributed by atoms with van der Waals surface area (Å²) in [6.07, 6.45) is -0.136. The van der Waals surface area contributed by atoms with Crippen LogP contribution >= 0.6 is 0 Å². The van der Waals surface area contributed by atoms with Gasteiger partial charge in [0.15, 0.2) is 5.76 Å². The fourth-order valence-electron chi connectivity index (χ4n) is 4.45. The lowest BCUT2D eigenvalue weighted by molar-refractivity contribution is -0.140. The zero-order valence-electron chi connectivity index (χ0n) is 20.8. The summed E-state index contributed by atoms with van der Waals surface area (Å²) < 4.78 is 16.1. The van der Waals surface area contributed by atoms with E-state index in [9.17, 15) is 14.7 Å². The van der Waals surface area contributed by atoms with Crippen molar-refractivity contribution in [3.63, 3.8) is 0 Å². The van der Waals surface area contributed by atoms with Crippen LogP contribution in [0.2, 0.25) is 0 Å². The summed E-state index contributed by atoms with van der Waals surface area (Å²) in [5, 5.41) is 19.7. The molecule has 4 rings (SSSR count). The second-order valence-corrected chi connectivity index (χ2v) is 8.82. The third-order valence-electron chi connectivity index (χ3n) is 6.55. The summed E-state index contributed by atoms with van der Waals surface area (Å²) in [7, 11) is 2.92. The molecule has 1 unspecified atom stereocenters. The first-order chi connectivity index (χ1) is 17.9. The normalized spacial score (nSPS) is 14.6. The fourth-order valence-corrected chi connectivity index (χ4v) is 4.45. The van der Waals surface area contributed by atoms with Gasteiger partial charge in [0.05, 0.1) is 44.7 Å². The van der Waals surface area contributed by atoms with E-state index < -0.39 is 23.1 Å². The van der Waals surface area contributed by atoms with Gasteiger partial charge in [-0.1, -0.05) is 12.1 Å². The van der Waals surface area contributed by atoms with Crippen LogP contribution in [0.25, 0.3) is 0 Å². The highest BCUT2D eigenvalue weighted by Gasteiger charge is 2.27. The molecule has 0 saturated carbocycles. The summed E-state index contributed by atoms with van der Waals surface area (Å²) in [5.41, 5.74) is 1.62. The van der Waals surface area contributed by atoms with Crippen LogP contribution in [-0.2, 0) is 16.1 Å². The largest absolute Gasteiger partial charge is 0.502 e. The van der Waals surface area contributed by atoms with Gasteiger partial charge in [-0.05, 0) is 42.0 Å². The van der Waals surface area contributed by atoms with Gasteiger partial charge in [-0.15, -0.1) is 0 Å². The molecule has 9 nitrogen and oxygen atoms in total. The molecule has 1 atom stereocenters. The van der Waals surface area contributed by atoms with E-state index in [2.05, 4.69) is 9.80 Å². The molecule has 1 aliphatic rings. The van der Waals surface area contributed by atoms with E-state index in [0.717, 1.165) is 37.6 Å². The van der Waals surface area contributed by atoms with Crippen molar-refractivity contribution in [3.8, 4) is 17.6 Å². The maximum atomic E-state index is 12.7. The van der Waals surface area contributed by atoms with Gasteiger partial charge in [-0.3, -0.25) is 14.5 Å². The number of esters is 1. The van der Waals surface area contributed by atoms with E-state index in [1.165, 1.54) is 13.2 Å². The van der Waals surface area contributed by atoms with Gasteiger partial charge < -0.3 is 23.9 Å². The monoisotopic (exact) mass is 503 g/mol. The minimum atomic E-state index is -0.750. The summed E-state index contributed by atoms with van der Waals surface area (Å²) >= 11 is 0. The van der Waals surface area contributed by atoms with Crippen molar-refractivity contribution in [2.24, 2.45) is 0 Å². The van der Waals surface area contributed by atoms with Crippen LogP contribution in [0.1, 0.15) is 35.0 Å². The van der Waals surface area contributed by atoms with E-state index in [1.807, 2.05) is 30.3 Å². The van der Waals surface area contributed by atoms with E-state index >= 15 is 0 Å². The number of rotatable bonds is 8. The maximum absolute atomic E-state index is 12.7. The lowest BCUT2D eigenvalue weighted by Gasteiger charge is -2.36. The minimum Gasteiger partial charge on any atom is -0.502 e. The van der Waals surface area contributed by atoms with Crippen molar-refractivity contribution in [1.82, 2.24) is 4.90 Å². The van der Waals surface area contributed by atoms with Crippen LogP contribution in [0.15, 0.2) is 63.8 Å². The van der Waals surface area contributed by atoms with Crippen LogP contribution < -0.4 is 15.1 Å². The number of anilines is 1. The Labute approximate surface area is 215 Å². The van der Waals surface area contributed by atoms with Crippen LogP contribution in [0.3, 0.4) is 0 Å². The number of hydrogen-bond donors (Lipinski definition) is 1. The molecule has 0 aliphatic carbocycles. The predicted octanol–water partition coefficient (Wildman–Crippen LogP) is 3.24. The molecule has 1 aliphatic heterocycles. The average molecular weight is 504 g/mol. The van der Waals surface area contributed by atoms with Crippen LogP contribution in [0.4, 0.5) is 5.69 Å². The molecule has 37 heavy (non-hydrogen) atoms. The number of piperazine rings is 1. The molecule has 0 radical (unpaired) electrons. The minimum absolute atomic E-state index is 0.00877. The number of carbonyl (C=O) groups excluding carboxylic acids is 1. The van der Waals surface area contributed by atoms with Gasteiger partial charge in [-0.25, -0.2) is 0 Å². The van der Waals surface area contributed by atoms with E-state index in [-0.39, 0.29) is 12.2 Å². The Hall–Kier alpha value is -4.29. The SMILES string of the molecule is COC(=O)CC(c1ccc(C#N)cc1)c1oc(CN2CCN(c3ccc(OC)cc3)CC2)cc(=O)c1O. The summed E-state index contributed by atoms with van der Waals surface area (Å²) in [5.74, 6) is -0.580. The number of ether oxygens (including phenoxy) is 2. The quantitative estimate of drug-likeness (QED) is 0.462. The zero-order chi connectivity index (χ0) is 26.4. The number of methoxy groups -OCH3 is 2. The molecular formula is C28H29N3O6. The first kappa shape index (κ1) is 25.8. The molecule has 1 fully saturated rings. The molecule has 2 heterocycles.